The summed E-state index contributed by atoms with van der Waals surface area (Å²) >= 11 is 0. The predicted molar refractivity (Wildman–Crippen MR) is 98.5 cm³/mol. The van der Waals surface area contributed by atoms with Crippen molar-refractivity contribution in [2.75, 3.05) is 10.6 Å². The highest BCUT2D eigenvalue weighted by Gasteiger charge is 2.35. The first-order valence-corrected chi connectivity index (χ1v) is 8.55. The number of carbonyl (C=O) groups excluding carboxylic acids is 2. The molecule has 0 aliphatic carbocycles. The third-order valence-corrected chi connectivity index (χ3v) is 4.03. The number of hydrogen-bond donors (Lipinski definition) is 2. The van der Waals surface area contributed by atoms with E-state index in [1.807, 2.05) is 6.92 Å². The Bertz CT molecular complexity index is 1050. The molecule has 0 fully saturated rings. The van der Waals surface area contributed by atoms with Crippen molar-refractivity contribution < 1.29 is 22.8 Å². The molecule has 0 radical (unpaired) electrons. The number of hydrogen-bond acceptors (Lipinski definition) is 4. The zero-order valence-electron chi connectivity index (χ0n) is 15.5. The van der Waals surface area contributed by atoms with Crippen LogP contribution in [0.1, 0.15) is 33.6 Å². The number of carbonyl (C=O) groups is 2. The van der Waals surface area contributed by atoms with Gasteiger partial charge in [0.05, 0.1) is 0 Å². The van der Waals surface area contributed by atoms with Crippen molar-refractivity contribution in [2.45, 2.75) is 19.6 Å². The maximum Gasteiger partial charge on any atom is 0.435 e. The molecule has 8 nitrogen and oxygen atoms in total. The average molecular weight is 406 g/mol. The van der Waals surface area contributed by atoms with Crippen LogP contribution in [0.15, 0.2) is 42.6 Å². The molecule has 0 unspecified atom stereocenters. The van der Waals surface area contributed by atoms with Crippen LogP contribution in [0, 0.1) is 0 Å². The van der Waals surface area contributed by atoms with Crippen molar-refractivity contribution in [3.05, 3.63) is 59.7 Å². The molecule has 11 heteroatoms. The lowest BCUT2D eigenvalue weighted by molar-refractivity contribution is -0.141. The highest BCUT2D eigenvalue weighted by molar-refractivity contribution is 6.05. The predicted octanol–water partition coefficient (Wildman–Crippen LogP) is 3.16. The van der Waals surface area contributed by atoms with Gasteiger partial charge in [-0.05, 0) is 31.2 Å². The topological polar surface area (TPSA) is 93.8 Å². The summed E-state index contributed by atoms with van der Waals surface area (Å²) in [7, 11) is 1.25. The molecule has 2 aromatic heterocycles. The van der Waals surface area contributed by atoms with Gasteiger partial charge in [-0.25, -0.2) is 0 Å². The number of nitrogens with one attached hydrogen (secondary N) is 2. The Morgan fingerprint density at radius 1 is 1.03 bits per heavy atom. The number of nitrogens with zero attached hydrogens (tertiary/aromatic N) is 4. The lowest BCUT2D eigenvalue weighted by Crippen LogP contribution is -2.18. The highest BCUT2D eigenvalue weighted by Crippen LogP contribution is 2.28. The van der Waals surface area contributed by atoms with Gasteiger partial charge >= 0.3 is 6.18 Å². The third kappa shape index (κ3) is 4.45. The molecule has 0 aliphatic rings. The second-order valence-electron chi connectivity index (χ2n) is 6.06. The van der Waals surface area contributed by atoms with Gasteiger partial charge < -0.3 is 10.6 Å². The standard InChI is InChI=1S/C18H17F3N6O2/c1-3-27-13(7-8-22-27)16(28)23-11-5-4-6-12(9-11)24-17(29)14-10-15(18(19,20)21)25-26(14)2/h4-10H,3H2,1-2H3,(H,23,28)(H,24,29). The average Bonchev–Trinajstić information content (AvgIpc) is 3.28. The molecule has 3 rings (SSSR count). The van der Waals surface area contributed by atoms with Crippen molar-refractivity contribution >= 4 is 23.2 Å². The summed E-state index contributed by atoms with van der Waals surface area (Å²) in [5.74, 6) is -1.14. The number of amides is 2. The Morgan fingerprint density at radius 2 is 1.66 bits per heavy atom. The summed E-state index contributed by atoms with van der Waals surface area (Å²) in [4.78, 5) is 24.7. The summed E-state index contributed by atoms with van der Waals surface area (Å²) in [6.07, 6.45) is -3.14. The Hall–Kier alpha value is -3.63. The minimum Gasteiger partial charge on any atom is -0.321 e. The number of halogens is 3. The zero-order valence-corrected chi connectivity index (χ0v) is 15.5. The Labute approximate surface area is 163 Å². The SMILES string of the molecule is CCn1nccc1C(=O)Nc1cccc(NC(=O)c2cc(C(F)(F)F)nn2C)c1. The Morgan fingerprint density at radius 3 is 2.21 bits per heavy atom. The second kappa shape index (κ2) is 7.78. The van der Waals surface area contributed by atoms with E-state index >= 15 is 0 Å². The summed E-state index contributed by atoms with van der Waals surface area (Å²) in [6, 6.07) is 8.49. The van der Waals surface area contributed by atoms with Crippen LogP contribution in [0.5, 0.6) is 0 Å². The molecule has 0 saturated heterocycles. The molecule has 0 spiro atoms. The van der Waals surface area contributed by atoms with Gasteiger partial charge in [0.25, 0.3) is 11.8 Å². The lowest BCUT2D eigenvalue weighted by Gasteiger charge is -2.09. The van der Waals surface area contributed by atoms with Gasteiger partial charge in [-0.1, -0.05) is 6.07 Å². The van der Waals surface area contributed by atoms with Gasteiger partial charge in [-0.3, -0.25) is 19.0 Å². The number of alkyl halides is 3. The van der Waals surface area contributed by atoms with Crippen LogP contribution in [0.3, 0.4) is 0 Å². The number of aryl methyl sites for hydroxylation is 2. The van der Waals surface area contributed by atoms with Crippen LogP contribution < -0.4 is 10.6 Å². The molecule has 2 amide bonds. The fourth-order valence-corrected chi connectivity index (χ4v) is 2.66. The number of aromatic nitrogens is 4. The van der Waals surface area contributed by atoms with E-state index in [4.69, 9.17) is 0 Å². The molecular formula is C18H17F3N6O2. The van der Waals surface area contributed by atoms with Crippen molar-refractivity contribution in [1.29, 1.82) is 0 Å². The summed E-state index contributed by atoms with van der Waals surface area (Å²) < 4.78 is 40.7. The molecular weight excluding hydrogens is 389 g/mol. The third-order valence-electron chi connectivity index (χ3n) is 4.03. The molecule has 1 aromatic carbocycles. The molecule has 3 aromatic rings. The zero-order chi connectivity index (χ0) is 21.2. The first-order chi connectivity index (χ1) is 13.7. The van der Waals surface area contributed by atoms with Gasteiger partial charge in [0.1, 0.15) is 11.4 Å². The van der Waals surface area contributed by atoms with Gasteiger partial charge in [0, 0.05) is 37.2 Å². The number of benzene rings is 1. The summed E-state index contributed by atoms with van der Waals surface area (Å²) in [5.41, 5.74) is -0.335. The number of anilines is 2. The lowest BCUT2D eigenvalue weighted by atomic mass is 10.2. The smallest absolute Gasteiger partial charge is 0.321 e. The maximum absolute atomic E-state index is 12.8. The minimum absolute atomic E-state index is 0.251. The van der Waals surface area contributed by atoms with Crippen molar-refractivity contribution in [2.24, 2.45) is 7.05 Å². The molecule has 0 aliphatic heterocycles. The van der Waals surface area contributed by atoms with Gasteiger partial charge in [-0.2, -0.15) is 23.4 Å². The van der Waals surface area contributed by atoms with Gasteiger partial charge in [-0.15, -0.1) is 0 Å². The molecule has 0 saturated carbocycles. The van der Waals surface area contributed by atoms with Crippen molar-refractivity contribution in [3.8, 4) is 0 Å². The highest BCUT2D eigenvalue weighted by atomic mass is 19.4. The van der Waals surface area contributed by atoms with E-state index in [1.54, 1.807) is 24.3 Å². The quantitative estimate of drug-likeness (QED) is 0.681. The largest absolute Gasteiger partial charge is 0.435 e. The van der Waals surface area contributed by atoms with Crippen molar-refractivity contribution in [3.63, 3.8) is 0 Å². The van der Waals surface area contributed by atoms with Crippen LogP contribution in [0.4, 0.5) is 24.5 Å². The number of rotatable bonds is 5. The molecule has 2 heterocycles. The summed E-state index contributed by atoms with van der Waals surface area (Å²) in [5, 5.41) is 12.5. The van der Waals surface area contributed by atoms with E-state index in [0.717, 1.165) is 4.68 Å². The molecule has 152 valence electrons. The van der Waals surface area contributed by atoms with E-state index < -0.39 is 17.8 Å². The molecule has 0 atom stereocenters. The normalized spacial score (nSPS) is 11.3. The fraction of sp³-hybridized carbons (Fsp3) is 0.222. The van der Waals surface area contributed by atoms with E-state index in [2.05, 4.69) is 20.8 Å². The van der Waals surface area contributed by atoms with Gasteiger partial charge in [0.2, 0.25) is 0 Å². The Balaban J connectivity index is 1.74. The van der Waals surface area contributed by atoms with E-state index in [9.17, 15) is 22.8 Å². The van der Waals surface area contributed by atoms with Crippen LogP contribution in [0.25, 0.3) is 0 Å². The second-order valence-corrected chi connectivity index (χ2v) is 6.06. The van der Waals surface area contributed by atoms with Crippen LogP contribution in [-0.2, 0) is 19.8 Å². The van der Waals surface area contributed by atoms with E-state index in [0.29, 0.717) is 29.7 Å². The fourth-order valence-electron chi connectivity index (χ4n) is 2.66. The molecule has 2 N–H and O–H groups in total. The maximum atomic E-state index is 12.8. The van der Waals surface area contributed by atoms with Crippen molar-refractivity contribution in [1.82, 2.24) is 19.6 Å². The first-order valence-electron chi connectivity index (χ1n) is 8.55. The Kier molecular flexibility index (Phi) is 5.39. The molecule has 0 bridgehead atoms. The summed E-state index contributed by atoms with van der Waals surface area (Å²) in [6.45, 7) is 2.37. The van der Waals surface area contributed by atoms with E-state index in [-0.39, 0.29) is 11.6 Å². The van der Waals surface area contributed by atoms with E-state index in [1.165, 1.54) is 24.0 Å². The molecule has 29 heavy (non-hydrogen) atoms. The monoisotopic (exact) mass is 406 g/mol. The van der Waals surface area contributed by atoms with Gasteiger partial charge in [0.15, 0.2) is 5.69 Å². The van der Waals surface area contributed by atoms with Crippen LogP contribution >= 0.6 is 0 Å². The van der Waals surface area contributed by atoms with Crippen LogP contribution in [0.2, 0.25) is 0 Å². The first kappa shape index (κ1) is 20.1. The van der Waals surface area contributed by atoms with Crippen LogP contribution in [-0.4, -0.2) is 31.4 Å². The minimum atomic E-state index is -4.65.